The summed E-state index contributed by atoms with van der Waals surface area (Å²) in [5.41, 5.74) is 2.40. The fourth-order valence-electron chi connectivity index (χ4n) is 3.62. The van der Waals surface area contributed by atoms with Gasteiger partial charge in [0.2, 0.25) is 0 Å². The molecular formula is C24H30NO4+. The first kappa shape index (κ1) is 20.8. The molecule has 0 N–H and O–H groups in total. The second kappa shape index (κ2) is 9.50. The highest BCUT2D eigenvalue weighted by Gasteiger charge is 2.19. The van der Waals surface area contributed by atoms with Crippen molar-refractivity contribution in [2.45, 2.75) is 32.7 Å². The van der Waals surface area contributed by atoms with Gasteiger partial charge in [0.15, 0.2) is 34.9 Å². The van der Waals surface area contributed by atoms with E-state index in [0.717, 1.165) is 65.1 Å². The molecule has 0 aliphatic rings. The van der Waals surface area contributed by atoms with E-state index in [0.29, 0.717) is 0 Å². The van der Waals surface area contributed by atoms with E-state index in [4.69, 9.17) is 18.9 Å². The van der Waals surface area contributed by atoms with Gasteiger partial charge in [0.05, 0.1) is 40.2 Å². The van der Waals surface area contributed by atoms with E-state index >= 15 is 0 Å². The SMILES string of the molecule is CCCC[n+]1ccc2cc(OC)c(OC)cc2c1Cc1ccc(OC)c(OC)c1. The van der Waals surface area contributed by atoms with E-state index in [1.807, 2.05) is 18.2 Å². The number of hydrogen-bond acceptors (Lipinski definition) is 4. The highest BCUT2D eigenvalue weighted by Crippen LogP contribution is 2.34. The van der Waals surface area contributed by atoms with Crippen LogP contribution in [-0.4, -0.2) is 28.4 Å². The topological polar surface area (TPSA) is 40.8 Å². The maximum absolute atomic E-state index is 5.57. The van der Waals surface area contributed by atoms with Crippen molar-refractivity contribution in [2.24, 2.45) is 0 Å². The fraction of sp³-hybridized carbons (Fsp3) is 0.375. The molecule has 154 valence electrons. The van der Waals surface area contributed by atoms with Gasteiger partial charge in [-0.15, -0.1) is 0 Å². The Kier molecular flexibility index (Phi) is 6.81. The molecule has 0 amide bonds. The molecule has 0 atom stereocenters. The number of unbranched alkanes of at least 4 members (excludes halogenated alkanes) is 1. The maximum Gasteiger partial charge on any atom is 0.193 e. The van der Waals surface area contributed by atoms with E-state index in [-0.39, 0.29) is 0 Å². The van der Waals surface area contributed by atoms with Crippen LogP contribution in [0.15, 0.2) is 42.6 Å². The van der Waals surface area contributed by atoms with Crippen molar-refractivity contribution < 1.29 is 23.5 Å². The minimum atomic E-state index is 0.736. The molecule has 0 saturated heterocycles. The summed E-state index contributed by atoms with van der Waals surface area (Å²) in [6, 6.07) is 12.3. The number of fused-ring (bicyclic) bond motifs is 1. The molecule has 2 aromatic carbocycles. The van der Waals surface area contributed by atoms with Crippen molar-refractivity contribution in [3.8, 4) is 23.0 Å². The van der Waals surface area contributed by atoms with E-state index < -0.39 is 0 Å². The third-order valence-corrected chi connectivity index (χ3v) is 5.22. The summed E-state index contributed by atoms with van der Waals surface area (Å²) in [5, 5.41) is 2.29. The quantitative estimate of drug-likeness (QED) is 0.498. The molecule has 0 aliphatic heterocycles. The van der Waals surface area contributed by atoms with E-state index in [1.165, 1.54) is 5.69 Å². The first-order valence-corrected chi connectivity index (χ1v) is 9.93. The number of aromatic nitrogens is 1. The van der Waals surface area contributed by atoms with Crippen molar-refractivity contribution in [1.29, 1.82) is 0 Å². The molecule has 0 spiro atoms. The van der Waals surface area contributed by atoms with Gasteiger partial charge in [-0.05, 0) is 35.2 Å². The van der Waals surface area contributed by atoms with E-state index in [9.17, 15) is 0 Å². The van der Waals surface area contributed by atoms with Crippen LogP contribution in [-0.2, 0) is 13.0 Å². The number of ether oxygens (including phenoxy) is 4. The third-order valence-electron chi connectivity index (χ3n) is 5.22. The molecule has 0 bridgehead atoms. The molecule has 5 nitrogen and oxygen atoms in total. The number of hydrogen-bond donors (Lipinski definition) is 0. The molecule has 0 saturated carbocycles. The van der Waals surface area contributed by atoms with Crippen molar-refractivity contribution in [2.75, 3.05) is 28.4 Å². The van der Waals surface area contributed by atoms with Crippen LogP contribution in [0.3, 0.4) is 0 Å². The average Bonchev–Trinajstić information content (AvgIpc) is 2.77. The molecule has 5 heteroatoms. The standard InChI is InChI=1S/C24H30NO4/c1-6-7-11-25-12-10-18-15-23(28-4)24(29-5)16-19(18)20(25)13-17-8-9-21(26-2)22(14-17)27-3/h8-10,12,14-16H,6-7,11,13H2,1-5H3/q+1. The van der Waals surface area contributed by atoms with Gasteiger partial charge in [-0.1, -0.05) is 19.4 Å². The lowest BCUT2D eigenvalue weighted by molar-refractivity contribution is -0.702. The van der Waals surface area contributed by atoms with Crippen LogP contribution in [0.2, 0.25) is 0 Å². The molecule has 0 radical (unpaired) electrons. The summed E-state index contributed by atoms with van der Waals surface area (Å²) < 4.78 is 24.3. The van der Waals surface area contributed by atoms with Crippen LogP contribution in [0.4, 0.5) is 0 Å². The van der Waals surface area contributed by atoms with Crippen LogP contribution < -0.4 is 23.5 Å². The third kappa shape index (κ3) is 4.39. The van der Waals surface area contributed by atoms with Gasteiger partial charge in [0.25, 0.3) is 0 Å². The van der Waals surface area contributed by atoms with Gasteiger partial charge in [-0.25, -0.2) is 4.57 Å². The van der Waals surface area contributed by atoms with Gasteiger partial charge in [0, 0.05) is 12.5 Å². The van der Waals surface area contributed by atoms with Crippen LogP contribution >= 0.6 is 0 Å². The minimum Gasteiger partial charge on any atom is -0.493 e. The first-order valence-electron chi connectivity index (χ1n) is 9.93. The fourth-order valence-corrected chi connectivity index (χ4v) is 3.62. The predicted octanol–water partition coefficient (Wildman–Crippen LogP) is 4.55. The highest BCUT2D eigenvalue weighted by atomic mass is 16.5. The summed E-state index contributed by atoms with van der Waals surface area (Å²) in [5.74, 6) is 2.95. The normalized spacial score (nSPS) is 10.8. The monoisotopic (exact) mass is 396 g/mol. The summed E-state index contributed by atoms with van der Waals surface area (Å²) in [6.07, 6.45) is 5.21. The lowest BCUT2D eigenvalue weighted by atomic mass is 10.0. The minimum absolute atomic E-state index is 0.736. The smallest absolute Gasteiger partial charge is 0.193 e. The Balaban J connectivity index is 2.14. The molecule has 0 fully saturated rings. The summed E-state index contributed by atoms with van der Waals surface area (Å²) in [4.78, 5) is 0. The Labute approximate surface area is 172 Å². The lowest BCUT2D eigenvalue weighted by Gasteiger charge is -2.13. The van der Waals surface area contributed by atoms with Gasteiger partial charge in [0.1, 0.15) is 6.54 Å². The number of nitrogens with zero attached hydrogens (tertiary/aromatic N) is 1. The number of rotatable bonds is 9. The van der Waals surface area contributed by atoms with Crippen LogP contribution in [0.1, 0.15) is 31.0 Å². The maximum atomic E-state index is 5.57. The summed E-state index contributed by atoms with van der Waals surface area (Å²) in [6.45, 7) is 3.19. The number of aryl methyl sites for hydroxylation is 1. The molecular weight excluding hydrogens is 366 g/mol. The predicted molar refractivity (Wildman–Crippen MR) is 115 cm³/mol. The lowest BCUT2D eigenvalue weighted by Crippen LogP contribution is -2.38. The number of methoxy groups -OCH3 is 4. The Morgan fingerprint density at radius 3 is 2.07 bits per heavy atom. The van der Waals surface area contributed by atoms with Gasteiger partial charge >= 0.3 is 0 Å². The Morgan fingerprint density at radius 1 is 0.759 bits per heavy atom. The van der Waals surface area contributed by atoms with Crippen molar-refractivity contribution in [3.05, 3.63) is 53.9 Å². The van der Waals surface area contributed by atoms with Crippen molar-refractivity contribution >= 4 is 10.8 Å². The Morgan fingerprint density at radius 2 is 1.41 bits per heavy atom. The summed E-state index contributed by atoms with van der Waals surface area (Å²) in [7, 11) is 6.66. The van der Waals surface area contributed by atoms with Crippen LogP contribution in [0, 0.1) is 0 Å². The highest BCUT2D eigenvalue weighted by molar-refractivity contribution is 5.87. The molecule has 0 aliphatic carbocycles. The van der Waals surface area contributed by atoms with Crippen LogP contribution in [0.5, 0.6) is 23.0 Å². The van der Waals surface area contributed by atoms with Gasteiger partial charge in [-0.3, -0.25) is 0 Å². The second-order valence-electron chi connectivity index (χ2n) is 6.97. The van der Waals surface area contributed by atoms with E-state index in [2.05, 4.69) is 35.9 Å². The summed E-state index contributed by atoms with van der Waals surface area (Å²) >= 11 is 0. The van der Waals surface area contributed by atoms with Crippen LogP contribution in [0.25, 0.3) is 10.8 Å². The van der Waals surface area contributed by atoms with Crippen molar-refractivity contribution in [1.82, 2.24) is 0 Å². The van der Waals surface area contributed by atoms with Crippen molar-refractivity contribution in [3.63, 3.8) is 0 Å². The molecule has 29 heavy (non-hydrogen) atoms. The Hall–Kier alpha value is -2.95. The molecule has 0 unspecified atom stereocenters. The van der Waals surface area contributed by atoms with Gasteiger partial charge in [-0.2, -0.15) is 0 Å². The molecule has 1 heterocycles. The average molecular weight is 397 g/mol. The number of benzene rings is 2. The zero-order valence-electron chi connectivity index (χ0n) is 18.0. The first-order chi connectivity index (χ1) is 14.1. The molecule has 3 rings (SSSR count). The van der Waals surface area contributed by atoms with E-state index in [1.54, 1.807) is 28.4 Å². The Bertz CT molecular complexity index is 984. The number of pyridine rings is 1. The zero-order chi connectivity index (χ0) is 20.8. The molecule has 1 aromatic heterocycles. The zero-order valence-corrected chi connectivity index (χ0v) is 18.0. The largest absolute Gasteiger partial charge is 0.493 e. The van der Waals surface area contributed by atoms with Gasteiger partial charge < -0.3 is 18.9 Å². The second-order valence-corrected chi connectivity index (χ2v) is 6.97. The molecule has 3 aromatic rings.